The van der Waals surface area contributed by atoms with E-state index in [-0.39, 0.29) is 31.0 Å². The van der Waals surface area contributed by atoms with Crippen molar-refractivity contribution in [1.29, 1.82) is 0 Å². The van der Waals surface area contributed by atoms with Crippen LogP contribution in [0.15, 0.2) is 24.3 Å². The lowest BCUT2D eigenvalue weighted by molar-refractivity contribution is -0.128. The summed E-state index contributed by atoms with van der Waals surface area (Å²) in [5.74, 6) is 1.35. The number of ether oxygens (including phenoxy) is 2. The molecule has 0 radical (unpaired) electrons. The molecule has 1 fully saturated rings. The van der Waals surface area contributed by atoms with Crippen LogP contribution in [0.1, 0.15) is 20.8 Å². The van der Waals surface area contributed by atoms with Gasteiger partial charge in [0.05, 0.1) is 13.2 Å². The summed E-state index contributed by atoms with van der Waals surface area (Å²) in [6, 6.07) is 6.46. The third kappa shape index (κ3) is 3.69. The SMILES string of the molecule is CCOc1ccc(OCCN2C(=O)N[C@H](C(C)C)C2=O)cc1. The Bertz CT molecular complexity index is 527. The van der Waals surface area contributed by atoms with Gasteiger partial charge in [-0.05, 0) is 37.1 Å². The lowest BCUT2D eigenvalue weighted by atomic mass is 10.1. The fourth-order valence-corrected chi connectivity index (χ4v) is 2.26. The van der Waals surface area contributed by atoms with Crippen LogP contribution in [0.3, 0.4) is 0 Å². The molecule has 1 N–H and O–H groups in total. The van der Waals surface area contributed by atoms with Crippen molar-refractivity contribution in [2.24, 2.45) is 5.92 Å². The van der Waals surface area contributed by atoms with E-state index in [9.17, 15) is 9.59 Å². The average Bonchev–Trinajstić information content (AvgIpc) is 2.77. The summed E-state index contributed by atoms with van der Waals surface area (Å²) in [5.41, 5.74) is 0. The number of imide groups is 1. The Hall–Kier alpha value is -2.24. The lowest BCUT2D eigenvalue weighted by Crippen LogP contribution is -2.36. The minimum Gasteiger partial charge on any atom is -0.494 e. The fraction of sp³-hybridized carbons (Fsp3) is 0.500. The highest BCUT2D eigenvalue weighted by Crippen LogP contribution is 2.18. The predicted octanol–water partition coefficient (Wildman–Crippen LogP) is 2.04. The summed E-state index contributed by atoms with van der Waals surface area (Å²) in [6.45, 7) is 6.85. The molecule has 1 saturated heterocycles. The Kier molecular flexibility index (Phi) is 5.25. The van der Waals surface area contributed by atoms with Crippen molar-refractivity contribution in [3.05, 3.63) is 24.3 Å². The number of carbonyl (C=O) groups is 2. The van der Waals surface area contributed by atoms with E-state index in [1.165, 1.54) is 4.90 Å². The molecule has 120 valence electrons. The van der Waals surface area contributed by atoms with Crippen LogP contribution in [0.2, 0.25) is 0 Å². The molecule has 1 aliphatic heterocycles. The predicted molar refractivity (Wildman–Crippen MR) is 82.0 cm³/mol. The Balaban J connectivity index is 1.83. The average molecular weight is 306 g/mol. The van der Waals surface area contributed by atoms with Crippen molar-refractivity contribution in [1.82, 2.24) is 10.2 Å². The van der Waals surface area contributed by atoms with Crippen molar-refractivity contribution < 1.29 is 19.1 Å². The van der Waals surface area contributed by atoms with Crippen LogP contribution in [0.4, 0.5) is 4.79 Å². The van der Waals surface area contributed by atoms with Gasteiger partial charge in [-0.3, -0.25) is 9.69 Å². The van der Waals surface area contributed by atoms with Gasteiger partial charge in [0, 0.05) is 0 Å². The number of urea groups is 1. The van der Waals surface area contributed by atoms with Gasteiger partial charge in [0.15, 0.2) is 0 Å². The molecule has 1 aromatic rings. The van der Waals surface area contributed by atoms with E-state index in [0.29, 0.717) is 12.4 Å². The Morgan fingerprint density at radius 1 is 1.14 bits per heavy atom. The molecule has 3 amide bonds. The zero-order valence-corrected chi connectivity index (χ0v) is 13.2. The van der Waals surface area contributed by atoms with E-state index in [4.69, 9.17) is 9.47 Å². The van der Waals surface area contributed by atoms with Crippen molar-refractivity contribution in [3.8, 4) is 11.5 Å². The molecule has 0 aliphatic carbocycles. The summed E-state index contributed by atoms with van der Waals surface area (Å²) >= 11 is 0. The van der Waals surface area contributed by atoms with Crippen LogP contribution < -0.4 is 14.8 Å². The Morgan fingerprint density at radius 3 is 2.23 bits per heavy atom. The first kappa shape index (κ1) is 16.1. The highest BCUT2D eigenvalue weighted by molar-refractivity contribution is 6.04. The molecule has 1 aliphatic rings. The van der Waals surface area contributed by atoms with Crippen LogP contribution >= 0.6 is 0 Å². The van der Waals surface area contributed by atoms with Crippen LogP contribution in [0, 0.1) is 5.92 Å². The van der Waals surface area contributed by atoms with E-state index in [1.54, 1.807) is 12.1 Å². The third-order valence-electron chi connectivity index (χ3n) is 3.44. The van der Waals surface area contributed by atoms with Crippen molar-refractivity contribution >= 4 is 11.9 Å². The molecule has 0 saturated carbocycles. The van der Waals surface area contributed by atoms with E-state index >= 15 is 0 Å². The van der Waals surface area contributed by atoms with Gasteiger partial charge >= 0.3 is 6.03 Å². The molecule has 0 bridgehead atoms. The Morgan fingerprint density at radius 2 is 1.73 bits per heavy atom. The molecule has 0 unspecified atom stereocenters. The first-order chi connectivity index (χ1) is 10.5. The number of nitrogens with one attached hydrogen (secondary N) is 1. The number of hydrogen-bond donors (Lipinski definition) is 1. The second kappa shape index (κ2) is 7.15. The van der Waals surface area contributed by atoms with Gasteiger partial charge in [-0.2, -0.15) is 0 Å². The Labute approximate surface area is 130 Å². The minimum atomic E-state index is -0.432. The molecular weight excluding hydrogens is 284 g/mol. The molecule has 6 nitrogen and oxygen atoms in total. The second-order valence-corrected chi connectivity index (χ2v) is 5.41. The monoisotopic (exact) mass is 306 g/mol. The maximum atomic E-state index is 12.1. The number of rotatable bonds is 7. The van der Waals surface area contributed by atoms with Gasteiger partial charge < -0.3 is 14.8 Å². The molecular formula is C16H22N2O4. The van der Waals surface area contributed by atoms with E-state index in [1.807, 2.05) is 32.9 Å². The molecule has 6 heteroatoms. The second-order valence-electron chi connectivity index (χ2n) is 5.41. The topological polar surface area (TPSA) is 67.9 Å². The third-order valence-corrected chi connectivity index (χ3v) is 3.44. The van der Waals surface area contributed by atoms with Gasteiger partial charge in [-0.25, -0.2) is 4.79 Å². The normalized spacial score (nSPS) is 17.8. The first-order valence-electron chi connectivity index (χ1n) is 7.50. The summed E-state index contributed by atoms with van der Waals surface area (Å²) in [5, 5.41) is 2.69. The molecule has 1 aromatic carbocycles. The summed E-state index contributed by atoms with van der Waals surface area (Å²) in [4.78, 5) is 25.1. The molecule has 22 heavy (non-hydrogen) atoms. The van der Waals surface area contributed by atoms with Crippen molar-refractivity contribution in [3.63, 3.8) is 0 Å². The van der Waals surface area contributed by atoms with Crippen LogP contribution in [-0.4, -0.2) is 42.6 Å². The maximum absolute atomic E-state index is 12.1. The first-order valence-corrected chi connectivity index (χ1v) is 7.50. The minimum absolute atomic E-state index is 0.0773. The molecule has 1 atom stereocenters. The van der Waals surface area contributed by atoms with E-state index in [0.717, 1.165) is 5.75 Å². The van der Waals surface area contributed by atoms with Gasteiger partial charge in [0.25, 0.3) is 5.91 Å². The highest BCUT2D eigenvalue weighted by atomic mass is 16.5. The number of hydrogen-bond acceptors (Lipinski definition) is 4. The summed E-state index contributed by atoms with van der Waals surface area (Å²) in [7, 11) is 0. The largest absolute Gasteiger partial charge is 0.494 e. The van der Waals surface area contributed by atoms with Crippen molar-refractivity contribution in [2.75, 3.05) is 19.8 Å². The number of nitrogens with zero attached hydrogens (tertiary/aromatic N) is 1. The zero-order chi connectivity index (χ0) is 16.1. The van der Waals surface area contributed by atoms with Gasteiger partial charge in [-0.1, -0.05) is 13.8 Å². The highest BCUT2D eigenvalue weighted by Gasteiger charge is 2.39. The number of carbonyl (C=O) groups excluding carboxylic acids is 2. The quantitative estimate of drug-likeness (QED) is 0.783. The van der Waals surface area contributed by atoms with Gasteiger partial charge in [0.2, 0.25) is 0 Å². The summed E-state index contributed by atoms with van der Waals surface area (Å²) < 4.78 is 10.9. The fourth-order valence-electron chi connectivity index (χ4n) is 2.26. The van der Waals surface area contributed by atoms with Crippen LogP contribution in [0.5, 0.6) is 11.5 Å². The molecule has 0 aromatic heterocycles. The lowest BCUT2D eigenvalue weighted by Gasteiger charge is -2.15. The van der Waals surface area contributed by atoms with E-state index < -0.39 is 6.04 Å². The van der Waals surface area contributed by atoms with Gasteiger partial charge in [-0.15, -0.1) is 0 Å². The molecule has 0 spiro atoms. The smallest absolute Gasteiger partial charge is 0.324 e. The zero-order valence-electron chi connectivity index (χ0n) is 13.2. The standard InChI is InChI=1S/C16H22N2O4/c1-4-21-12-5-7-13(8-6-12)22-10-9-18-15(19)14(11(2)3)17-16(18)20/h5-8,11,14H,4,9-10H2,1-3H3,(H,17,20)/t14-/m1/s1. The van der Waals surface area contributed by atoms with Crippen LogP contribution in [-0.2, 0) is 4.79 Å². The number of amides is 3. The van der Waals surface area contributed by atoms with Crippen molar-refractivity contribution in [2.45, 2.75) is 26.8 Å². The summed E-state index contributed by atoms with van der Waals surface area (Å²) in [6.07, 6.45) is 0. The van der Waals surface area contributed by atoms with Crippen LogP contribution in [0.25, 0.3) is 0 Å². The van der Waals surface area contributed by atoms with Gasteiger partial charge in [0.1, 0.15) is 24.1 Å². The maximum Gasteiger partial charge on any atom is 0.324 e. The molecule has 1 heterocycles. The number of benzene rings is 1. The van der Waals surface area contributed by atoms with E-state index in [2.05, 4.69) is 5.32 Å². The molecule has 2 rings (SSSR count).